The number of anilines is 1. The first-order chi connectivity index (χ1) is 15.2. The number of fused-ring (bicyclic) bond motifs is 2. The summed E-state index contributed by atoms with van der Waals surface area (Å²) in [5, 5.41) is 3.28. The third-order valence-electron chi connectivity index (χ3n) is 5.60. The fourth-order valence-corrected chi connectivity index (χ4v) is 5.22. The SMILES string of the molecule is O=C(c1cccc2ccccc12)N(CCN1CCOCC1)c1nc2c(Cl)cccc2s1. The zero-order chi connectivity index (χ0) is 21.2. The van der Waals surface area contributed by atoms with Crippen LogP contribution in [0.2, 0.25) is 5.02 Å². The first-order valence-corrected chi connectivity index (χ1v) is 11.5. The van der Waals surface area contributed by atoms with Crippen LogP contribution in [0.15, 0.2) is 60.7 Å². The van der Waals surface area contributed by atoms with Crippen molar-refractivity contribution in [2.45, 2.75) is 0 Å². The highest BCUT2D eigenvalue weighted by atomic mass is 35.5. The van der Waals surface area contributed by atoms with Gasteiger partial charge in [0.05, 0.1) is 22.9 Å². The largest absolute Gasteiger partial charge is 0.379 e. The quantitative estimate of drug-likeness (QED) is 0.424. The van der Waals surface area contributed by atoms with Crippen LogP contribution in [0.4, 0.5) is 5.13 Å². The van der Waals surface area contributed by atoms with E-state index in [2.05, 4.69) is 4.90 Å². The minimum Gasteiger partial charge on any atom is -0.379 e. The second kappa shape index (κ2) is 8.93. The number of rotatable bonds is 5. The predicted molar refractivity (Wildman–Crippen MR) is 128 cm³/mol. The van der Waals surface area contributed by atoms with Gasteiger partial charge in [-0.25, -0.2) is 4.98 Å². The van der Waals surface area contributed by atoms with Crippen LogP contribution >= 0.6 is 22.9 Å². The minimum atomic E-state index is -0.0414. The monoisotopic (exact) mass is 451 g/mol. The van der Waals surface area contributed by atoms with Gasteiger partial charge in [-0.05, 0) is 29.0 Å². The molecule has 1 saturated heterocycles. The van der Waals surface area contributed by atoms with E-state index in [9.17, 15) is 4.79 Å². The molecule has 0 unspecified atom stereocenters. The highest BCUT2D eigenvalue weighted by Gasteiger charge is 2.24. The molecule has 2 heterocycles. The summed E-state index contributed by atoms with van der Waals surface area (Å²) < 4.78 is 6.44. The van der Waals surface area contributed by atoms with Gasteiger partial charge in [-0.15, -0.1) is 0 Å². The number of amides is 1. The van der Waals surface area contributed by atoms with Crippen LogP contribution in [-0.2, 0) is 4.74 Å². The number of hydrogen-bond acceptors (Lipinski definition) is 5. The van der Waals surface area contributed by atoms with Gasteiger partial charge in [-0.2, -0.15) is 0 Å². The van der Waals surface area contributed by atoms with E-state index in [0.29, 0.717) is 22.3 Å². The second-order valence-electron chi connectivity index (χ2n) is 7.52. The van der Waals surface area contributed by atoms with E-state index in [4.69, 9.17) is 21.3 Å². The van der Waals surface area contributed by atoms with Crippen LogP contribution in [0.5, 0.6) is 0 Å². The van der Waals surface area contributed by atoms with Crippen LogP contribution in [-0.4, -0.2) is 55.2 Å². The lowest BCUT2D eigenvalue weighted by molar-refractivity contribution is 0.0391. The lowest BCUT2D eigenvalue weighted by Gasteiger charge is -2.29. The number of hydrogen-bond donors (Lipinski definition) is 0. The van der Waals surface area contributed by atoms with Gasteiger partial charge in [0.15, 0.2) is 5.13 Å². The highest BCUT2D eigenvalue weighted by Crippen LogP contribution is 2.34. The van der Waals surface area contributed by atoms with Crippen LogP contribution in [0, 0.1) is 0 Å². The fourth-order valence-electron chi connectivity index (χ4n) is 3.93. The van der Waals surface area contributed by atoms with Crippen molar-refractivity contribution in [3.8, 4) is 0 Å². The Hall–Kier alpha value is -2.51. The minimum absolute atomic E-state index is 0.0414. The summed E-state index contributed by atoms with van der Waals surface area (Å²) in [5.41, 5.74) is 1.43. The average molecular weight is 452 g/mol. The van der Waals surface area contributed by atoms with Gasteiger partial charge in [-0.1, -0.05) is 65.4 Å². The van der Waals surface area contributed by atoms with Crippen molar-refractivity contribution in [1.82, 2.24) is 9.88 Å². The number of carbonyl (C=O) groups excluding carboxylic acids is 1. The molecule has 5 rings (SSSR count). The van der Waals surface area contributed by atoms with Gasteiger partial charge in [0.25, 0.3) is 5.91 Å². The second-order valence-corrected chi connectivity index (χ2v) is 8.94. The molecule has 31 heavy (non-hydrogen) atoms. The zero-order valence-corrected chi connectivity index (χ0v) is 18.5. The highest BCUT2D eigenvalue weighted by molar-refractivity contribution is 7.22. The van der Waals surface area contributed by atoms with E-state index in [1.807, 2.05) is 60.7 Å². The van der Waals surface area contributed by atoms with Crippen molar-refractivity contribution >= 4 is 55.0 Å². The molecule has 158 valence electrons. The predicted octanol–water partition coefficient (Wildman–Crippen LogP) is 5.08. The van der Waals surface area contributed by atoms with Crippen molar-refractivity contribution in [2.24, 2.45) is 0 Å². The standard InChI is InChI=1S/C24H22ClN3O2S/c25-20-9-4-10-21-22(20)26-24(31-21)28(12-11-27-13-15-30-16-14-27)23(29)19-8-3-6-17-5-1-2-7-18(17)19/h1-10H,11-16H2. The number of carbonyl (C=O) groups is 1. The summed E-state index contributed by atoms with van der Waals surface area (Å²) in [6, 6.07) is 19.6. The topological polar surface area (TPSA) is 45.7 Å². The third-order valence-corrected chi connectivity index (χ3v) is 6.95. The molecule has 1 aliphatic rings. The van der Waals surface area contributed by atoms with E-state index in [1.165, 1.54) is 11.3 Å². The Kier molecular flexibility index (Phi) is 5.87. The van der Waals surface area contributed by atoms with Gasteiger partial charge in [0, 0.05) is 31.7 Å². The molecule has 7 heteroatoms. The maximum atomic E-state index is 13.8. The normalized spacial score (nSPS) is 14.9. The number of ether oxygens (including phenoxy) is 1. The van der Waals surface area contributed by atoms with Crippen LogP contribution in [0.1, 0.15) is 10.4 Å². The van der Waals surface area contributed by atoms with Crippen molar-refractivity contribution in [3.63, 3.8) is 0 Å². The molecule has 5 nitrogen and oxygen atoms in total. The van der Waals surface area contributed by atoms with Gasteiger partial charge in [0.2, 0.25) is 0 Å². The third kappa shape index (κ3) is 4.16. The molecule has 0 saturated carbocycles. The molecule has 1 aliphatic heterocycles. The van der Waals surface area contributed by atoms with Gasteiger partial charge in [0.1, 0.15) is 5.52 Å². The number of para-hydroxylation sites is 1. The first kappa shape index (κ1) is 20.4. The van der Waals surface area contributed by atoms with Gasteiger partial charge < -0.3 is 4.74 Å². The molecule has 0 atom stereocenters. The fraction of sp³-hybridized carbons (Fsp3) is 0.250. The molecule has 1 amide bonds. The van der Waals surface area contributed by atoms with E-state index >= 15 is 0 Å². The van der Waals surface area contributed by atoms with Gasteiger partial charge in [-0.3, -0.25) is 14.6 Å². The summed E-state index contributed by atoms with van der Waals surface area (Å²) in [4.78, 5) is 22.7. The Balaban J connectivity index is 1.53. The summed E-state index contributed by atoms with van der Waals surface area (Å²) in [7, 11) is 0. The lowest BCUT2D eigenvalue weighted by Crippen LogP contribution is -2.43. The maximum Gasteiger partial charge on any atom is 0.260 e. The average Bonchev–Trinajstić information content (AvgIpc) is 3.25. The van der Waals surface area contributed by atoms with E-state index in [1.54, 1.807) is 4.90 Å². The van der Waals surface area contributed by atoms with E-state index < -0.39 is 0 Å². The summed E-state index contributed by atoms with van der Waals surface area (Å²) >= 11 is 7.87. The van der Waals surface area contributed by atoms with Crippen molar-refractivity contribution < 1.29 is 9.53 Å². The Bertz CT molecular complexity index is 1230. The molecule has 0 aliphatic carbocycles. The zero-order valence-electron chi connectivity index (χ0n) is 17.0. The molecule has 1 aromatic heterocycles. The number of nitrogens with zero attached hydrogens (tertiary/aromatic N) is 3. The van der Waals surface area contributed by atoms with Gasteiger partial charge >= 0.3 is 0 Å². The first-order valence-electron chi connectivity index (χ1n) is 10.4. The van der Waals surface area contributed by atoms with Crippen LogP contribution in [0.3, 0.4) is 0 Å². The molecular weight excluding hydrogens is 430 g/mol. The number of morpholine rings is 1. The Morgan fingerprint density at radius 1 is 1.06 bits per heavy atom. The number of thiazole rings is 1. The molecule has 4 aromatic rings. The van der Waals surface area contributed by atoms with E-state index in [0.717, 1.165) is 53.8 Å². The molecule has 0 spiro atoms. The molecule has 1 fully saturated rings. The van der Waals surface area contributed by atoms with Crippen molar-refractivity contribution in [3.05, 3.63) is 71.2 Å². The lowest BCUT2D eigenvalue weighted by atomic mass is 10.0. The van der Waals surface area contributed by atoms with E-state index in [-0.39, 0.29) is 5.91 Å². The summed E-state index contributed by atoms with van der Waals surface area (Å²) in [5.74, 6) is -0.0414. The van der Waals surface area contributed by atoms with Crippen LogP contribution < -0.4 is 4.90 Å². The van der Waals surface area contributed by atoms with Crippen molar-refractivity contribution in [2.75, 3.05) is 44.3 Å². The molecule has 0 bridgehead atoms. The summed E-state index contributed by atoms with van der Waals surface area (Å²) in [6.07, 6.45) is 0. The summed E-state index contributed by atoms with van der Waals surface area (Å²) in [6.45, 7) is 4.54. The number of aromatic nitrogens is 1. The van der Waals surface area contributed by atoms with Crippen LogP contribution in [0.25, 0.3) is 21.0 Å². The smallest absolute Gasteiger partial charge is 0.260 e. The molecule has 0 radical (unpaired) electrons. The Labute approximate surface area is 189 Å². The number of halogens is 1. The molecular formula is C24H22ClN3O2S. The van der Waals surface area contributed by atoms with Crippen molar-refractivity contribution in [1.29, 1.82) is 0 Å². The Morgan fingerprint density at radius 2 is 1.84 bits per heavy atom. The Morgan fingerprint density at radius 3 is 2.68 bits per heavy atom. The maximum absolute atomic E-state index is 13.8. The molecule has 0 N–H and O–H groups in total. The number of benzene rings is 3. The molecule has 3 aromatic carbocycles.